The molecule has 228 valence electrons. The van der Waals surface area contributed by atoms with Gasteiger partial charge in [0, 0.05) is 19.1 Å². The summed E-state index contributed by atoms with van der Waals surface area (Å²) in [5, 5.41) is 12.1. The van der Waals surface area contributed by atoms with E-state index in [9.17, 15) is 32.3 Å². The van der Waals surface area contributed by atoms with Crippen molar-refractivity contribution in [2.45, 2.75) is 69.3 Å². The largest absolute Gasteiger partial charge is 0.497 e. The molecule has 2 aromatic rings. The van der Waals surface area contributed by atoms with Crippen molar-refractivity contribution in [1.82, 2.24) is 10.2 Å². The summed E-state index contributed by atoms with van der Waals surface area (Å²) in [6.45, 7) is 3.94. The molecule has 2 saturated heterocycles. The standard InChI is InChI=1S/C31H36F4N2O5/c1-18-16-37(10-8-25(18)20-3-6-27(32)26(13-20)28(38)39)23-7-9-30(42-17-23,21-4-5-21)29(40)36-15-19-11-22(31(33,34)35)14-24(12-19)41-2/h3,6,11-14,18,21,23,25H,4-5,7-10,15-17H2,1-2H3,(H,36,40)(H,38,39)/t18?,23?,25-,30-/m0/s1. The molecule has 4 atom stereocenters. The Balaban J connectivity index is 1.20. The number of piperidine rings is 1. The Morgan fingerprint density at radius 1 is 1.14 bits per heavy atom. The number of likely N-dealkylation sites (tertiary alicyclic amines) is 1. The van der Waals surface area contributed by atoms with Gasteiger partial charge in [0.15, 0.2) is 0 Å². The number of carboxylic acid groups (broad SMARTS) is 1. The second kappa shape index (κ2) is 11.8. The quantitative estimate of drug-likeness (QED) is 0.387. The fourth-order valence-electron chi connectivity index (χ4n) is 6.62. The number of aromatic carboxylic acids is 1. The van der Waals surface area contributed by atoms with Gasteiger partial charge in [0.2, 0.25) is 0 Å². The first-order valence-corrected chi connectivity index (χ1v) is 14.4. The highest BCUT2D eigenvalue weighted by molar-refractivity contribution is 5.88. The van der Waals surface area contributed by atoms with Crippen LogP contribution in [0.4, 0.5) is 17.6 Å². The summed E-state index contributed by atoms with van der Waals surface area (Å²) in [5.41, 5.74) is -1.02. The van der Waals surface area contributed by atoms with Gasteiger partial charge in [-0.3, -0.25) is 9.69 Å². The highest BCUT2D eigenvalue weighted by Gasteiger charge is 2.54. The lowest BCUT2D eigenvalue weighted by Gasteiger charge is -2.46. The smallest absolute Gasteiger partial charge is 0.416 e. The van der Waals surface area contributed by atoms with Crippen molar-refractivity contribution in [3.63, 3.8) is 0 Å². The van der Waals surface area contributed by atoms with E-state index >= 15 is 0 Å². The molecule has 11 heteroatoms. The van der Waals surface area contributed by atoms with Gasteiger partial charge in [-0.25, -0.2) is 9.18 Å². The molecule has 2 N–H and O–H groups in total. The van der Waals surface area contributed by atoms with Crippen LogP contribution in [0.1, 0.15) is 72.0 Å². The maximum absolute atomic E-state index is 13.9. The Morgan fingerprint density at radius 3 is 2.50 bits per heavy atom. The lowest BCUT2D eigenvalue weighted by Crippen LogP contribution is -2.57. The van der Waals surface area contributed by atoms with E-state index in [1.807, 2.05) is 0 Å². The zero-order valence-corrected chi connectivity index (χ0v) is 23.7. The normalized spacial score (nSPS) is 27.0. The number of rotatable bonds is 8. The third-order valence-electron chi connectivity index (χ3n) is 9.09. The van der Waals surface area contributed by atoms with Gasteiger partial charge in [-0.2, -0.15) is 13.2 Å². The average molecular weight is 593 g/mol. The molecule has 5 rings (SSSR count). The lowest BCUT2D eigenvalue weighted by molar-refractivity contribution is -0.166. The van der Waals surface area contributed by atoms with Crippen molar-refractivity contribution in [2.24, 2.45) is 11.8 Å². The molecule has 3 aliphatic rings. The van der Waals surface area contributed by atoms with Gasteiger partial charge in [0.25, 0.3) is 5.91 Å². The SMILES string of the molecule is COc1cc(CNC(=O)[C@@]2(C3CC3)CCC(N3CC[C@H](c4ccc(F)c(C(=O)O)c4)C(C)C3)CO2)cc(C(F)(F)F)c1. The number of carbonyl (C=O) groups is 2. The van der Waals surface area contributed by atoms with Crippen LogP contribution in [-0.4, -0.2) is 60.3 Å². The minimum absolute atomic E-state index is 0.0711. The van der Waals surface area contributed by atoms with Gasteiger partial charge in [-0.15, -0.1) is 0 Å². The maximum atomic E-state index is 13.9. The van der Waals surface area contributed by atoms with Crippen molar-refractivity contribution in [1.29, 1.82) is 0 Å². The Morgan fingerprint density at radius 2 is 1.90 bits per heavy atom. The molecular formula is C31H36F4N2O5. The summed E-state index contributed by atoms with van der Waals surface area (Å²) < 4.78 is 65.3. The number of hydrogen-bond acceptors (Lipinski definition) is 5. The van der Waals surface area contributed by atoms with E-state index < -0.39 is 29.1 Å². The number of nitrogens with zero attached hydrogens (tertiary/aromatic N) is 1. The topological polar surface area (TPSA) is 88.1 Å². The van der Waals surface area contributed by atoms with Crippen LogP contribution in [0, 0.1) is 17.7 Å². The van der Waals surface area contributed by atoms with E-state index in [1.165, 1.54) is 25.3 Å². The van der Waals surface area contributed by atoms with Crippen molar-refractivity contribution >= 4 is 11.9 Å². The number of carboxylic acids is 1. The zero-order chi connectivity index (χ0) is 30.2. The Bertz CT molecular complexity index is 1320. The van der Waals surface area contributed by atoms with Crippen LogP contribution in [0.25, 0.3) is 0 Å². The van der Waals surface area contributed by atoms with Crippen molar-refractivity contribution in [3.8, 4) is 5.75 Å². The van der Waals surface area contributed by atoms with Crippen LogP contribution in [0.5, 0.6) is 5.75 Å². The van der Waals surface area contributed by atoms with Gasteiger partial charge < -0.3 is 19.9 Å². The Hall–Kier alpha value is -3.18. The fourth-order valence-corrected chi connectivity index (χ4v) is 6.62. The van der Waals surface area contributed by atoms with Crippen LogP contribution in [0.2, 0.25) is 0 Å². The average Bonchev–Trinajstić information content (AvgIpc) is 3.82. The summed E-state index contributed by atoms with van der Waals surface area (Å²) in [7, 11) is 1.30. The second-order valence-electron chi connectivity index (χ2n) is 11.8. The monoisotopic (exact) mass is 592 g/mol. The summed E-state index contributed by atoms with van der Waals surface area (Å²) >= 11 is 0. The third kappa shape index (κ3) is 6.27. The van der Waals surface area contributed by atoms with Gasteiger partial charge in [0.1, 0.15) is 17.2 Å². The number of nitrogens with one attached hydrogen (secondary N) is 1. The molecule has 1 saturated carbocycles. The Labute approximate surface area is 242 Å². The molecule has 0 aromatic heterocycles. The van der Waals surface area contributed by atoms with Crippen LogP contribution >= 0.6 is 0 Å². The van der Waals surface area contributed by atoms with Crippen LogP contribution in [0.15, 0.2) is 36.4 Å². The summed E-state index contributed by atoms with van der Waals surface area (Å²) in [5.74, 6) is -1.85. The number of methoxy groups -OCH3 is 1. The summed E-state index contributed by atoms with van der Waals surface area (Å²) in [4.78, 5) is 27.2. The van der Waals surface area contributed by atoms with E-state index in [2.05, 4.69) is 17.1 Å². The first kappa shape index (κ1) is 30.3. The van der Waals surface area contributed by atoms with Gasteiger partial charge >= 0.3 is 12.1 Å². The molecule has 2 aromatic carbocycles. The molecular weight excluding hydrogens is 556 g/mol. The van der Waals surface area contributed by atoms with Crippen molar-refractivity contribution in [2.75, 3.05) is 26.8 Å². The number of halogens is 4. The summed E-state index contributed by atoms with van der Waals surface area (Å²) in [6.07, 6.45) is -0.734. The number of alkyl halides is 3. The predicted octanol–water partition coefficient (Wildman–Crippen LogP) is 5.62. The van der Waals surface area contributed by atoms with E-state index in [0.29, 0.717) is 18.6 Å². The molecule has 3 fully saturated rings. The minimum atomic E-state index is -4.53. The number of carbonyl (C=O) groups excluding carboxylic acids is 1. The lowest BCUT2D eigenvalue weighted by atomic mass is 9.79. The fraction of sp³-hybridized carbons (Fsp3) is 0.548. The number of amides is 1. The molecule has 2 heterocycles. The van der Waals surface area contributed by atoms with E-state index in [-0.39, 0.29) is 47.6 Å². The van der Waals surface area contributed by atoms with E-state index in [1.54, 1.807) is 6.07 Å². The summed E-state index contributed by atoms with van der Waals surface area (Å²) in [6, 6.07) is 7.87. The van der Waals surface area contributed by atoms with Crippen LogP contribution in [0.3, 0.4) is 0 Å². The molecule has 2 aliphatic heterocycles. The highest BCUT2D eigenvalue weighted by Crippen LogP contribution is 2.48. The third-order valence-corrected chi connectivity index (χ3v) is 9.09. The molecule has 0 radical (unpaired) electrons. The molecule has 2 unspecified atom stereocenters. The second-order valence-corrected chi connectivity index (χ2v) is 11.8. The van der Waals surface area contributed by atoms with Crippen LogP contribution < -0.4 is 10.1 Å². The van der Waals surface area contributed by atoms with Gasteiger partial charge in [-0.05, 0) is 97.9 Å². The minimum Gasteiger partial charge on any atom is -0.497 e. The number of hydrogen-bond donors (Lipinski definition) is 2. The molecule has 7 nitrogen and oxygen atoms in total. The maximum Gasteiger partial charge on any atom is 0.416 e. The number of ether oxygens (including phenoxy) is 2. The molecule has 1 amide bonds. The zero-order valence-electron chi connectivity index (χ0n) is 23.7. The predicted molar refractivity (Wildman–Crippen MR) is 146 cm³/mol. The van der Waals surface area contributed by atoms with Gasteiger partial charge in [-0.1, -0.05) is 13.0 Å². The first-order valence-electron chi connectivity index (χ1n) is 14.4. The van der Waals surface area contributed by atoms with Crippen molar-refractivity contribution < 1.29 is 41.7 Å². The molecule has 0 spiro atoms. The Kier molecular flexibility index (Phi) is 8.53. The molecule has 42 heavy (non-hydrogen) atoms. The van der Waals surface area contributed by atoms with Crippen molar-refractivity contribution in [3.05, 3.63) is 64.5 Å². The van der Waals surface area contributed by atoms with E-state index in [0.717, 1.165) is 56.5 Å². The molecule has 0 bridgehead atoms. The first-order chi connectivity index (χ1) is 19.9. The highest BCUT2D eigenvalue weighted by atomic mass is 19.4. The van der Waals surface area contributed by atoms with Crippen LogP contribution in [-0.2, 0) is 22.3 Å². The number of benzene rings is 2. The van der Waals surface area contributed by atoms with Gasteiger partial charge in [0.05, 0.1) is 24.8 Å². The molecule has 1 aliphatic carbocycles. The van der Waals surface area contributed by atoms with E-state index in [4.69, 9.17) is 9.47 Å².